The summed E-state index contributed by atoms with van der Waals surface area (Å²) >= 11 is 2.12. The predicted octanol–water partition coefficient (Wildman–Crippen LogP) is 3.95. The van der Waals surface area contributed by atoms with Gasteiger partial charge in [0.1, 0.15) is 0 Å². The molecule has 2 amide bonds. The van der Waals surface area contributed by atoms with Gasteiger partial charge >= 0.3 is 5.97 Å². The zero-order valence-electron chi connectivity index (χ0n) is 17.1. The molecule has 166 valence electrons. The van der Waals surface area contributed by atoms with Gasteiger partial charge in [0.15, 0.2) is 23.9 Å². The number of carbonyl (C=O) groups excluding carboxylic acids is 3. The Bertz CT molecular complexity index is 1130. The van der Waals surface area contributed by atoms with E-state index in [1.807, 2.05) is 6.07 Å². The Morgan fingerprint density at radius 3 is 2.38 bits per heavy atom. The standard InChI is InChI=1S/C22H19IN2O7/c1-29-18-10-15(16(11-19(18)30-2)25-21(27)17-7-4-8-31-17)22(28)32-12-20(26)24-14-6-3-5-13(23)9-14/h3-11H,12H2,1-2H3,(H,24,26)(H,25,27). The lowest BCUT2D eigenvalue weighted by Gasteiger charge is -2.15. The van der Waals surface area contributed by atoms with Crippen LogP contribution in [0.1, 0.15) is 20.9 Å². The number of amides is 2. The molecule has 0 bridgehead atoms. The van der Waals surface area contributed by atoms with Crippen LogP contribution < -0.4 is 20.1 Å². The van der Waals surface area contributed by atoms with Gasteiger partial charge in [-0.1, -0.05) is 6.07 Å². The van der Waals surface area contributed by atoms with E-state index in [1.165, 1.54) is 38.7 Å². The average Bonchev–Trinajstić information content (AvgIpc) is 3.32. The van der Waals surface area contributed by atoms with Gasteiger partial charge in [0.05, 0.1) is 31.7 Å². The molecule has 0 unspecified atom stereocenters. The molecule has 0 atom stereocenters. The fourth-order valence-corrected chi connectivity index (χ4v) is 3.26. The number of esters is 1. The topological polar surface area (TPSA) is 116 Å². The number of carbonyl (C=O) groups is 3. The van der Waals surface area contributed by atoms with E-state index in [-0.39, 0.29) is 28.5 Å². The smallest absolute Gasteiger partial charge is 0.340 e. The number of anilines is 2. The van der Waals surface area contributed by atoms with Crippen molar-refractivity contribution in [2.45, 2.75) is 0 Å². The molecule has 2 aromatic carbocycles. The Balaban J connectivity index is 1.77. The molecule has 0 saturated carbocycles. The summed E-state index contributed by atoms with van der Waals surface area (Å²) in [5, 5.41) is 5.23. The van der Waals surface area contributed by atoms with Crippen LogP contribution in [0.3, 0.4) is 0 Å². The van der Waals surface area contributed by atoms with Crippen molar-refractivity contribution >= 4 is 51.7 Å². The fraction of sp³-hybridized carbons (Fsp3) is 0.136. The second kappa shape index (κ2) is 10.7. The number of methoxy groups -OCH3 is 2. The maximum atomic E-state index is 12.7. The van der Waals surface area contributed by atoms with E-state index >= 15 is 0 Å². The summed E-state index contributed by atoms with van der Waals surface area (Å²) in [7, 11) is 2.83. The van der Waals surface area contributed by atoms with Gasteiger partial charge < -0.3 is 29.3 Å². The number of hydrogen-bond donors (Lipinski definition) is 2. The first-order valence-electron chi connectivity index (χ1n) is 9.24. The molecular weight excluding hydrogens is 531 g/mol. The van der Waals surface area contributed by atoms with E-state index in [2.05, 4.69) is 33.2 Å². The van der Waals surface area contributed by atoms with Gasteiger partial charge in [-0.2, -0.15) is 0 Å². The number of rotatable bonds is 8. The van der Waals surface area contributed by atoms with Gasteiger partial charge in [-0.15, -0.1) is 0 Å². The van der Waals surface area contributed by atoms with Crippen LogP contribution in [0.25, 0.3) is 0 Å². The van der Waals surface area contributed by atoms with Gasteiger partial charge in [-0.3, -0.25) is 9.59 Å². The molecule has 0 saturated heterocycles. The Morgan fingerprint density at radius 1 is 0.969 bits per heavy atom. The summed E-state index contributed by atoms with van der Waals surface area (Å²) in [6.07, 6.45) is 1.35. The van der Waals surface area contributed by atoms with Crippen LogP contribution in [0.5, 0.6) is 11.5 Å². The molecule has 10 heteroatoms. The highest BCUT2D eigenvalue weighted by molar-refractivity contribution is 14.1. The second-order valence-corrected chi connectivity index (χ2v) is 7.56. The molecule has 3 aromatic rings. The van der Waals surface area contributed by atoms with Crippen molar-refractivity contribution in [3.05, 3.63) is 69.7 Å². The van der Waals surface area contributed by atoms with E-state index < -0.39 is 24.4 Å². The Kier molecular flexibility index (Phi) is 7.71. The summed E-state index contributed by atoms with van der Waals surface area (Å²) in [6, 6.07) is 13.0. The normalized spacial score (nSPS) is 10.2. The molecule has 0 fully saturated rings. The molecule has 32 heavy (non-hydrogen) atoms. The van der Waals surface area contributed by atoms with Crippen molar-refractivity contribution in [1.29, 1.82) is 0 Å². The molecule has 0 aliphatic heterocycles. The number of halogens is 1. The zero-order valence-corrected chi connectivity index (χ0v) is 19.3. The minimum atomic E-state index is -0.835. The van der Waals surface area contributed by atoms with E-state index in [1.54, 1.807) is 24.3 Å². The van der Waals surface area contributed by atoms with Gasteiger partial charge in [0.25, 0.3) is 11.8 Å². The minimum Gasteiger partial charge on any atom is -0.493 e. The number of ether oxygens (including phenoxy) is 3. The Labute approximate surface area is 197 Å². The number of benzene rings is 2. The lowest BCUT2D eigenvalue weighted by atomic mass is 10.1. The van der Waals surface area contributed by atoms with E-state index in [4.69, 9.17) is 18.6 Å². The van der Waals surface area contributed by atoms with Gasteiger partial charge in [0.2, 0.25) is 0 Å². The molecule has 0 spiro atoms. The summed E-state index contributed by atoms with van der Waals surface area (Å²) in [5.74, 6) is -1.34. The van der Waals surface area contributed by atoms with Crippen molar-refractivity contribution < 1.29 is 33.0 Å². The number of hydrogen-bond acceptors (Lipinski definition) is 7. The largest absolute Gasteiger partial charge is 0.493 e. The van der Waals surface area contributed by atoms with Crippen LogP contribution in [0.4, 0.5) is 11.4 Å². The van der Waals surface area contributed by atoms with Crippen LogP contribution in [0.15, 0.2) is 59.2 Å². The van der Waals surface area contributed by atoms with Gasteiger partial charge in [0, 0.05) is 21.4 Å². The van der Waals surface area contributed by atoms with Crippen molar-refractivity contribution in [1.82, 2.24) is 0 Å². The first-order chi connectivity index (χ1) is 15.4. The Hall–Kier alpha value is -3.54. The molecule has 1 aromatic heterocycles. The minimum absolute atomic E-state index is 0.0235. The Morgan fingerprint density at radius 2 is 1.72 bits per heavy atom. The molecule has 3 rings (SSSR count). The monoisotopic (exact) mass is 550 g/mol. The van der Waals surface area contributed by atoms with Crippen LogP contribution in [0, 0.1) is 3.57 Å². The van der Waals surface area contributed by atoms with Crippen molar-refractivity contribution in [3.63, 3.8) is 0 Å². The van der Waals surface area contributed by atoms with Crippen LogP contribution in [-0.2, 0) is 9.53 Å². The molecule has 1 heterocycles. The SMILES string of the molecule is COc1cc(NC(=O)c2ccco2)c(C(=O)OCC(=O)Nc2cccc(I)c2)cc1OC. The second-order valence-electron chi connectivity index (χ2n) is 6.32. The molecule has 2 N–H and O–H groups in total. The highest BCUT2D eigenvalue weighted by atomic mass is 127. The van der Waals surface area contributed by atoms with Crippen LogP contribution in [0.2, 0.25) is 0 Å². The van der Waals surface area contributed by atoms with Gasteiger partial charge in [-0.05, 0) is 52.9 Å². The van der Waals surface area contributed by atoms with Crippen molar-refractivity contribution in [2.24, 2.45) is 0 Å². The third kappa shape index (κ3) is 5.78. The molecule has 0 aliphatic rings. The zero-order chi connectivity index (χ0) is 23.1. The number of nitrogens with one attached hydrogen (secondary N) is 2. The predicted molar refractivity (Wildman–Crippen MR) is 124 cm³/mol. The molecule has 9 nitrogen and oxygen atoms in total. The molecule has 0 aliphatic carbocycles. The third-order valence-corrected chi connectivity index (χ3v) is 4.85. The van der Waals surface area contributed by atoms with Crippen molar-refractivity contribution in [3.8, 4) is 11.5 Å². The molecular formula is C22H19IN2O7. The summed E-state index contributed by atoms with van der Waals surface area (Å²) in [4.78, 5) is 37.3. The lowest BCUT2D eigenvalue weighted by Crippen LogP contribution is -2.22. The maximum absolute atomic E-state index is 12.7. The van der Waals surface area contributed by atoms with E-state index in [0.717, 1.165) is 3.57 Å². The molecule has 0 radical (unpaired) electrons. The van der Waals surface area contributed by atoms with Crippen LogP contribution in [-0.4, -0.2) is 38.6 Å². The third-order valence-electron chi connectivity index (χ3n) is 4.18. The van der Waals surface area contributed by atoms with Gasteiger partial charge in [-0.25, -0.2) is 4.79 Å². The first kappa shape index (κ1) is 23.1. The van der Waals surface area contributed by atoms with E-state index in [0.29, 0.717) is 5.69 Å². The summed E-state index contributed by atoms with van der Waals surface area (Å²) in [5.41, 5.74) is 0.659. The highest BCUT2D eigenvalue weighted by Crippen LogP contribution is 2.34. The summed E-state index contributed by atoms with van der Waals surface area (Å²) in [6.45, 7) is -0.524. The lowest BCUT2D eigenvalue weighted by molar-refractivity contribution is -0.119. The van der Waals surface area contributed by atoms with Crippen LogP contribution >= 0.6 is 22.6 Å². The van der Waals surface area contributed by atoms with Crippen molar-refractivity contribution in [2.75, 3.05) is 31.5 Å². The first-order valence-corrected chi connectivity index (χ1v) is 10.3. The quantitative estimate of drug-likeness (QED) is 0.323. The average molecular weight is 550 g/mol. The number of furan rings is 1. The maximum Gasteiger partial charge on any atom is 0.340 e. The fourth-order valence-electron chi connectivity index (χ4n) is 2.72. The van der Waals surface area contributed by atoms with E-state index in [9.17, 15) is 14.4 Å². The highest BCUT2D eigenvalue weighted by Gasteiger charge is 2.22. The summed E-state index contributed by atoms with van der Waals surface area (Å²) < 4.78 is 21.6.